The highest BCUT2D eigenvalue weighted by molar-refractivity contribution is 5.04. The van der Waals surface area contributed by atoms with Crippen LogP contribution in [0.3, 0.4) is 0 Å². The molecule has 1 aliphatic rings. The van der Waals surface area contributed by atoms with Gasteiger partial charge in [-0.25, -0.2) is 4.98 Å². The molecule has 1 N–H and O–H groups in total. The van der Waals surface area contributed by atoms with Crippen molar-refractivity contribution < 1.29 is 5.11 Å². The molecule has 16 heavy (non-hydrogen) atoms. The van der Waals surface area contributed by atoms with E-state index in [4.69, 9.17) is 0 Å². The van der Waals surface area contributed by atoms with Crippen LogP contribution in [0.15, 0.2) is 12.4 Å². The Hall–Kier alpha value is -0.830. The van der Waals surface area contributed by atoms with Gasteiger partial charge in [-0.2, -0.15) is 0 Å². The van der Waals surface area contributed by atoms with Crippen LogP contribution >= 0.6 is 0 Å². The van der Waals surface area contributed by atoms with E-state index in [1.807, 2.05) is 12.4 Å². The Morgan fingerprint density at radius 2 is 2.25 bits per heavy atom. The van der Waals surface area contributed by atoms with Crippen LogP contribution in [0, 0.1) is 5.92 Å². The van der Waals surface area contributed by atoms with Crippen LogP contribution < -0.4 is 0 Å². The summed E-state index contributed by atoms with van der Waals surface area (Å²) in [5.74, 6) is 1.54. The Labute approximate surface area is 97.5 Å². The van der Waals surface area contributed by atoms with E-state index >= 15 is 0 Å². The number of nitrogens with zero attached hydrogens (tertiary/aromatic N) is 2. The van der Waals surface area contributed by atoms with Gasteiger partial charge in [-0.15, -0.1) is 0 Å². The first kappa shape index (κ1) is 11.6. The molecule has 0 spiro atoms. The van der Waals surface area contributed by atoms with Crippen LogP contribution in [-0.4, -0.2) is 20.3 Å². The lowest BCUT2D eigenvalue weighted by molar-refractivity contribution is 0.0113. The van der Waals surface area contributed by atoms with Crippen LogP contribution in [0.1, 0.15) is 45.4 Å². The van der Waals surface area contributed by atoms with Gasteiger partial charge in [0.2, 0.25) is 0 Å². The monoisotopic (exact) mass is 222 g/mol. The summed E-state index contributed by atoms with van der Waals surface area (Å²) >= 11 is 0. The average molecular weight is 222 g/mol. The van der Waals surface area contributed by atoms with Gasteiger partial charge >= 0.3 is 0 Å². The predicted molar refractivity (Wildman–Crippen MR) is 64.2 cm³/mol. The lowest BCUT2D eigenvalue weighted by atomic mass is 9.90. The quantitative estimate of drug-likeness (QED) is 0.802. The van der Waals surface area contributed by atoms with Gasteiger partial charge in [0, 0.05) is 25.4 Å². The molecule has 1 aliphatic carbocycles. The Morgan fingerprint density at radius 3 is 2.81 bits per heavy atom. The van der Waals surface area contributed by atoms with Crippen molar-refractivity contribution in [1.82, 2.24) is 9.55 Å². The second kappa shape index (κ2) is 4.58. The van der Waals surface area contributed by atoms with Crippen molar-refractivity contribution in [2.45, 2.75) is 58.1 Å². The number of rotatable bonds is 6. The molecular weight excluding hydrogens is 200 g/mol. The minimum atomic E-state index is -0.517. The topological polar surface area (TPSA) is 38.0 Å². The van der Waals surface area contributed by atoms with Gasteiger partial charge in [0.1, 0.15) is 5.82 Å². The highest BCUT2D eigenvalue weighted by atomic mass is 16.3. The first-order valence-corrected chi connectivity index (χ1v) is 6.42. The molecule has 0 aromatic carbocycles. The average Bonchev–Trinajstić information content (AvgIpc) is 3.05. The number of hydrogen-bond acceptors (Lipinski definition) is 2. The van der Waals surface area contributed by atoms with E-state index in [1.54, 1.807) is 0 Å². The Bertz CT molecular complexity index is 343. The van der Waals surface area contributed by atoms with Gasteiger partial charge in [0.25, 0.3) is 0 Å². The van der Waals surface area contributed by atoms with Gasteiger partial charge in [0.15, 0.2) is 0 Å². The molecule has 90 valence electrons. The third kappa shape index (κ3) is 2.29. The largest absolute Gasteiger partial charge is 0.389 e. The zero-order valence-electron chi connectivity index (χ0n) is 10.3. The summed E-state index contributed by atoms with van der Waals surface area (Å²) in [6, 6.07) is 0. The third-order valence-corrected chi connectivity index (χ3v) is 3.68. The van der Waals surface area contributed by atoms with Crippen LogP contribution in [0.25, 0.3) is 0 Å². The lowest BCUT2D eigenvalue weighted by Crippen LogP contribution is -2.34. The molecule has 1 aromatic rings. The molecule has 0 aliphatic heterocycles. The van der Waals surface area contributed by atoms with Gasteiger partial charge in [-0.1, -0.05) is 13.8 Å². The van der Waals surface area contributed by atoms with Crippen LogP contribution in [0.5, 0.6) is 0 Å². The van der Waals surface area contributed by atoms with E-state index in [2.05, 4.69) is 23.4 Å². The van der Waals surface area contributed by atoms with Crippen molar-refractivity contribution in [2.24, 2.45) is 5.92 Å². The summed E-state index contributed by atoms with van der Waals surface area (Å²) in [5.41, 5.74) is -0.517. The predicted octanol–water partition coefficient (Wildman–Crippen LogP) is 2.39. The Morgan fingerprint density at radius 1 is 1.50 bits per heavy atom. The molecule has 0 radical (unpaired) electrons. The van der Waals surface area contributed by atoms with E-state index in [-0.39, 0.29) is 0 Å². The van der Waals surface area contributed by atoms with E-state index in [0.29, 0.717) is 12.3 Å². The molecule has 2 rings (SSSR count). The molecule has 3 nitrogen and oxygen atoms in total. The molecule has 1 atom stereocenters. The van der Waals surface area contributed by atoms with E-state index in [0.717, 1.165) is 25.2 Å². The summed E-state index contributed by atoms with van der Waals surface area (Å²) in [6.07, 6.45) is 8.86. The molecule has 0 amide bonds. The SMILES string of the molecule is CCCn1ccnc1CC(O)(CC)C1CC1. The van der Waals surface area contributed by atoms with Crippen LogP contribution in [0.4, 0.5) is 0 Å². The van der Waals surface area contributed by atoms with Crippen molar-refractivity contribution in [3.8, 4) is 0 Å². The first-order chi connectivity index (χ1) is 7.69. The molecule has 0 saturated heterocycles. The van der Waals surface area contributed by atoms with Crippen molar-refractivity contribution in [3.05, 3.63) is 18.2 Å². The van der Waals surface area contributed by atoms with Gasteiger partial charge in [-0.3, -0.25) is 0 Å². The molecule has 3 heteroatoms. The van der Waals surface area contributed by atoms with Crippen LogP contribution in [-0.2, 0) is 13.0 Å². The molecule has 1 aromatic heterocycles. The summed E-state index contributed by atoms with van der Waals surface area (Å²) in [5, 5.41) is 10.6. The van der Waals surface area contributed by atoms with Crippen molar-refractivity contribution in [3.63, 3.8) is 0 Å². The molecule has 1 saturated carbocycles. The number of imidazole rings is 1. The summed E-state index contributed by atoms with van der Waals surface area (Å²) in [6.45, 7) is 5.24. The number of aromatic nitrogens is 2. The van der Waals surface area contributed by atoms with E-state index in [9.17, 15) is 5.11 Å². The smallest absolute Gasteiger partial charge is 0.111 e. The number of hydrogen-bond donors (Lipinski definition) is 1. The number of aliphatic hydroxyl groups is 1. The molecule has 0 bridgehead atoms. The zero-order chi connectivity index (χ0) is 11.6. The molecule has 1 fully saturated rings. The van der Waals surface area contributed by atoms with Crippen molar-refractivity contribution in [1.29, 1.82) is 0 Å². The fraction of sp³-hybridized carbons (Fsp3) is 0.769. The molecule has 1 unspecified atom stereocenters. The summed E-state index contributed by atoms with van der Waals surface area (Å²) in [4.78, 5) is 4.38. The summed E-state index contributed by atoms with van der Waals surface area (Å²) in [7, 11) is 0. The van der Waals surface area contributed by atoms with Gasteiger partial charge in [-0.05, 0) is 31.6 Å². The van der Waals surface area contributed by atoms with Crippen molar-refractivity contribution >= 4 is 0 Å². The minimum absolute atomic E-state index is 0.504. The lowest BCUT2D eigenvalue weighted by Gasteiger charge is -2.26. The molecule has 1 heterocycles. The van der Waals surface area contributed by atoms with Crippen LogP contribution in [0.2, 0.25) is 0 Å². The fourth-order valence-corrected chi connectivity index (χ4v) is 2.40. The van der Waals surface area contributed by atoms with Crippen molar-refractivity contribution in [2.75, 3.05) is 0 Å². The highest BCUT2D eigenvalue weighted by Gasteiger charge is 2.43. The Balaban J connectivity index is 2.09. The maximum absolute atomic E-state index is 10.6. The normalized spacial score (nSPS) is 19.7. The first-order valence-electron chi connectivity index (χ1n) is 6.42. The standard InChI is InChI=1S/C13H22N2O/c1-3-8-15-9-7-14-12(15)10-13(16,4-2)11-5-6-11/h7,9,11,16H,3-6,8,10H2,1-2H3. The zero-order valence-corrected chi connectivity index (χ0v) is 10.3. The summed E-state index contributed by atoms with van der Waals surface area (Å²) < 4.78 is 2.17. The van der Waals surface area contributed by atoms with Gasteiger partial charge in [0.05, 0.1) is 5.60 Å². The second-order valence-electron chi connectivity index (χ2n) is 4.95. The minimum Gasteiger partial charge on any atom is -0.389 e. The third-order valence-electron chi connectivity index (χ3n) is 3.68. The maximum atomic E-state index is 10.6. The second-order valence-corrected chi connectivity index (χ2v) is 4.95. The molecular formula is C13H22N2O. The maximum Gasteiger partial charge on any atom is 0.111 e. The fourth-order valence-electron chi connectivity index (χ4n) is 2.40. The number of aryl methyl sites for hydroxylation is 1. The van der Waals surface area contributed by atoms with E-state index in [1.165, 1.54) is 12.8 Å². The van der Waals surface area contributed by atoms with Gasteiger partial charge < -0.3 is 9.67 Å². The Kier molecular flexibility index (Phi) is 3.33. The highest BCUT2D eigenvalue weighted by Crippen LogP contribution is 2.43. The van der Waals surface area contributed by atoms with E-state index < -0.39 is 5.60 Å².